The largest absolute Gasteiger partial charge is 0.442 e. The molecule has 0 radical (unpaired) electrons. The van der Waals surface area contributed by atoms with E-state index in [-0.39, 0.29) is 48.9 Å². The van der Waals surface area contributed by atoms with Gasteiger partial charge in [-0.05, 0) is 58.8 Å². The predicted octanol–water partition coefficient (Wildman–Crippen LogP) is 5.16. The van der Waals surface area contributed by atoms with Crippen molar-refractivity contribution < 1.29 is 47.5 Å². The third-order valence-electron chi connectivity index (χ3n) is 7.49. The lowest BCUT2D eigenvalue weighted by Gasteiger charge is -2.23. The summed E-state index contributed by atoms with van der Waals surface area (Å²) in [6.45, 7) is 1.59. The molecule has 0 saturated carbocycles. The summed E-state index contributed by atoms with van der Waals surface area (Å²) in [5.74, 6) is -0.844. The number of amides is 3. The van der Waals surface area contributed by atoms with Crippen LogP contribution in [0.25, 0.3) is 11.1 Å². The maximum atomic E-state index is 15.3. The Labute approximate surface area is 291 Å². The Morgan fingerprint density at radius 2 is 1.86 bits per heavy atom. The van der Waals surface area contributed by atoms with Gasteiger partial charge in [0.15, 0.2) is 0 Å². The molecule has 50 heavy (non-hydrogen) atoms. The zero-order chi connectivity index (χ0) is 36.6. The van der Waals surface area contributed by atoms with Crippen molar-refractivity contribution in [2.24, 2.45) is 10.8 Å². The number of nitrogens with one attached hydrogen (secondary N) is 2. The smallest absolute Gasteiger partial charge is 0.414 e. The minimum absolute atomic E-state index is 0.0626. The van der Waals surface area contributed by atoms with E-state index in [2.05, 4.69) is 10.4 Å². The third-order valence-corrected chi connectivity index (χ3v) is 11.0. The zero-order valence-electron chi connectivity index (χ0n) is 26.4. The topological polar surface area (TPSA) is 236 Å². The van der Waals surface area contributed by atoms with Gasteiger partial charge in [-0.1, -0.05) is 36.4 Å². The number of hydrogen-bond acceptors (Lipinski definition) is 11. The number of cyclic esters (lactones) is 1. The monoisotopic (exact) mass is 746 g/mol. The minimum Gasteiger partial charge on any atom is -0.442 e. The van der Waals surface area contributed by atoms with Gasteiger partial charge in [0.25, 0.3) is 5.24 Å². The molecule has 0 aliphatic carbocycles. The molecular formula is C31H33FN6O9P2S. The number of nitrogens with two attached hydrogens (primary N) is 1. The van der Waals surface area contributed by atoms with Crippen LogP contribution >= 0.6 is 27.8 Å². The van der Waals surface area contributed by atoms with Crippen LogP contribution in [-0.4, -0.2) is 67.9 Å². The molecule has 0 spiro atoms. The summed E-state index contributed by atoms with van der Waals surface area (Å²) < 4.78 is 43.4. The summed E-state index contributed by atoms with van der Waals surface area (Å²) >= 11 is 0.821. The first-order valence-corrected chi connectivity index (χ1v) is 18.0. The number of carbonyl (C=O) groups excluding carboxylic acids is 3. The molecule has 3 aromatic carbocycles. The molecule has 264 valence electrons. The number of benzene rings is 3. The number of carbonyl (C=O) groups is 3. The molecule has 3 aromatic rings. The molecule has 0 bridgehead atoms. The molecule has 15 nitrogen and oxygen atoms in total. The number of ether oxygens (including phenoxy) is 1. The number of rotatable bonds is 14. The molecular weight excluding hydrogens is 713 g/mol. The molecule has 2 atom stereocenters. The summed E-state index contributed by atoms with van der Waals surface area (Å²) in [5, 5.41) is 12.8. The molecule has 19 heteroatoms. The fourth-order valence-corrected chi connectivity index (χ4v) is 6.61. The van der Waals surface area contributed by atoms with Gasteiger partial charge in [-0.3, -0.25) is 23.6 Å². The number of thioether (sulfide) groups is 1. The summed E-state index contributed by atoms with van der Waals surface area (Å²) in [4.78, 5) is 58.8. The Morgan fingerprint density at radius 3 is 2.42 bits per heavy atom. The van der Waals surface area contributed by atoms with Gasteiger partial charge in [-0.25, -0.2) is 14.7 Å². The van der Waals surface area contributed by atoms with Crippen molar-refractivity contribution in [3.8, 4) is 11.1 Å². The standard InChI is InChI=1S/C31H33FN6O9P2S/c1-19(39)35-15-25-18-38(29(40)47-25)24-8-11-27(28(32)12-24)22-6-2-21(3-7-22)16-37(17-23(14-33)36-34)30(41)50-26-9-4-20(5-10-26)13-31(42,48-43)49(44,45)46/h2-12,14,25,34,42H,13,15-18,33H2,1H3,(H,35,39)(H2,44,45,46)/b23-14-,36-34?/t25-,31?/m0/s1. The van der Waals surface area contributed by atoms with E-state index in [0.29, 0.717) is 21.7 Å². The summed E-state index contributed by atoms with van der Waals surface area (Å²) in [6.07, 6.45) is -0.713. The molecule has 1 saturated heterocycles. The van der Waals surface area contributed by atoms with Crippen LogP contribution in [0, 0.1) is 11.3 Å². The molecule has 1 aliphatic rings. The fourth-order valence-electron chi connectivity index (χ4n) is 4.82. The van der Waals surface area contributed by atoms with Gasteiger partial charge in [0.2, 0.25) is 19.5 Å². The van der Waals surface area contributed by atoms with Crippen LogP contribution in [0.1, 0.15) is 18.1 Å². The number of nitrogens with zero attached hydrogens (tertiary/aromatic N) is 3. The molecule has 1 aliphatic heterocycles. The maximum Gasteiger partial charge on any atom is 0.414 e. The highest BCUT2D eigenvalue weighted by atomic mass is 32.2. The van der Waals surface area contributed by atoms with E-state index in [1.54, 1.807) is 30.3 Å². The van der Waals surface area contributed by atoms with Crippen LogP contribution in [0.3, 0.4) is 0 Å². The summed E-state index contributed by atoms with van der Waals surface area (Å²) in [6, 6.07) is 17.0. The van der Waals surface area contributed by atoms with Crippen LogP contribution in [0.2, 0.25) is 0 Å². The lowest BCUT2D eigenvalue weighted by Crippen LogP contribution is -2.33. The Bertz CT molecular complexity index is 1840. The van der Waals surface area contributed by atoms with E-state index < -0.39 is 50.8 Å². The highest BCUT2D eigenvalue weighted by Crippen LogP contribution is 2.56. The first-order valence-electron chi connectivity index (χ1n) is 14.7. The van der Waals surface area contributed by atoms with Gasteiger partial charge in [0, 0.05) is 36.5 Å². The number of aliphatic hydroxyl groups is 1. The van der Waals surface area contributed by atoms with Crippen molar-refractivity contribution in [2.75, 3.05) is 24.5 Å². The van der Waals surface area contributed by atoms with E-state index >= 15 is 4.39 Å². The lowest BCUT2D eigenvalue weighted by molar-refractivity contribution is -0.119. The van der Waals surface area contributed by atoms with Crippen molar-refractivity contribution in [3.05, 3.63) is 95.6 Å². The van der Waals surface area contributed by atoms with Crippen LogP contribution in [0.15, 0.2) is 88.6 Å². The van der Waals surface area contributed by atoms with E-state index in [4.69, 9.17) is 16.0 Å². The van der Waals surface area contributed by atoms with Gasteiger partial charge in [-0.2, -0.15) is 5.11 Å². The van der Waals surface area contributed by atoms with Gasteiger partial charge >= 0.3 is 13.7 Å². The van der Waals surface area contributed by atoms with E-state index in [9.17, 15) is 38.4 Å². The van der Waals surface area contributed by atoms with E-state index in [0.717, 1.165) is 18.0 Å². The predicted molar refractivity (Wildman–Crippen MR) is 182 cm³/mol. The van der Waals surface area contributed by atoms with E-state index in [1.807, 2.05) is 0 Å². The second-order valence-electron chi connectivity index (χ2n) is 11.1. The minimum atomic E-state index is -5.11. The number of halogens is 1. The molecule has 0 aromatic heterocycles. The molecule has 1 fully saturated rings. The highest BCUT2D eigenvalue weighted by molar-refractivity contribution is 8.13. The second-order valence-corrected chi connectivity index (χ2v) is 15.3. The Balaban J connectivity index is 1.45. The third kappa shape index (κ3) is 9.59. The van der Waals surface area contributed by atoms with Gasteiger partial charge in [0.1, 0.15) is 11.9 Å². The van der Waals surface area contributed by atoms with Gasteiger partial charge in [-0.15, -0.1) is 0 Å². The van der Waals surface area contributed by atoms with Crippen LogP contribution in [0.5, 0.6) is 0 Å². The summed E-state index contributed by atoms with van der Waals surface area (Å²) in [7, 11) is -6.25. The van der Waals surface area contributed by atoms with Crippen LogP contribution < -0.4 is 16.0 Å². The number of hydrogen-bond donors (Lipinski definition) is 6. The first kappa shape index (κ1) is 38.3. The van der Waals surface area contributed by atoms with Crippen molar-refractivity contribution in [1.82, 2.24) is 10.2 Å². The van der Waals surface area contributed by atoms with Crippen molar-refractivity contribution in [3.63, 3.8) is 0 Å². The van der Waals surface area contributed by atoms with E-state index in [1.165, 1.54) is 53.1 Å². The lowest BCUT2D eigenvalue weighted by atomic mass is 10.0. The number of anilines is 1. The van der Waals surface area contributed by atoms with Gasteiger partial charge < -0.3 is 35.6 Å². The normalized spacial score (nSPS) is 16.1. The van der Waals surface area contributed by atoms with Gasteiger partial charge in [0.05, 0.1) is 31.0 Å². The first-order chi connectivity index (χ1) is 23.7. The average molecular weight is 747 g/mol. The zero-order valence-corrected chi connectivity index (χ0v) is 29.0. The molecule has 4 rings (SSSR count). The SMILES string of the molecule is CC(=O)NC[C@H]1CN(c2ccc(-c3ccc(CN(C/C(=C/N)N=N)C(=O)Sc4ccc(CC(O)(P=O)P(=O)(O)O)cc4)cc3)c(F)c2)C(=O)O1. The summed E-state index contributed by atoms with van der Waals surface area (Å²) in [5.41, 5.74) is 15.1. The molecule has 3 amide bonds. The highest BCUT2D eigenvalue weighted by Gasteiger charge is 2.46. The van der Waals surface area contributed by atoms with Crippen molar-refractivity contribution in [2.45, 2.75) is 36.0 Å². The van der Waals surface area contributed by atoms with Crippen LogP contribution in [0.4, 0.5) is 19.7 Å². The quantitative estimate of drug-likeness (QED) is 0.0716. The molecule has 1 unspecified atom stereocenters. The fraction of sp³-hybridized carbons (Fsp3) is 0.258. The van der Waals surface area contributed by atoms with Crippen LogP contribution in [-0.2, 0) is 31.6 Å². The molecule has 1 heterocycles. The van der Waals surface area contributed by atoms with Crippen molar-refractivity contribution >= 4 is 50.7 Å². The Morgan fingerprint density at radius 1 is 1.20 bits per heavy atom. The maximum absolute atomic E-state index is 15.3. The van der Waals surface area contributed by atoms with Crippen molar-refractivity contribution in [1.29, 1.82) is 5.53 Å². The average Bonchev–Trinajstić information content (AvgIpc) is 3.46. The Hall–Kier alpha value is -4.50. The molecule has 7 N–H and O–H groups in total. The second kappa shape index (κ2) is 16.5. The Kier molecular flexibility index (Phi) is 12.6.